The van der Waals surface area contributed by atoms with Crippen molar-refractivity contribution >= 4 is 17.5 Å². The summed E-state index contributed by atoms with van der Waals surface area (Å²) in [5.74, 6) is -0.836. The van der Waals surface area contributed by atoms with E-state index >= 15 is 0 Å². The quantitative estimate of drug-likeness (QED) is 0.415. The van der Waals surface area contributed by atoms with Crippen LogP contribution in [0, 0.1) is 10.1 Å². The number of carboxylic acids is 1. The molecule has 0 radical (unpaired) electrons. The van der Waals surface area contributed by atoms with Crippen molar-refractivity contribution in [2.24, 2.45) is 7.05 Å². The highest BCUT2D eigenvalue weighted by atomic mass is 16.6. The summed E-state index contributed by atoms with van der Waals surface area (Å²) in [4.78, 5) is 20.9. The van der Waals surface area contributed by atoms with Crippen molar-refractivity contribution in [2.75, 3.05) is 25.1 Å². The van der Waals surface area contributed by atoms with E-state index in [4.69, 9.17) is 9.84 Å². The number of nitrogens with one attached hydrogen (secondary N) is 1. The standard InChI is InChI=1S/C11H18N4O5/c1-7(2)9-10(15(18)19)11(14(3)13-9)12-4-5-20-6-8(16)17/h7,12H,4-6H2,1-3H3,(H,16,17). The third kappa shape index (κ3) is 3.92. The van der Waals surface area contributed by atoms with Gasteiger partial charge in [-0.1, -0.05) is 13.8 Å². The molecule has 0 saturated heterocycles. The fraction of sp³-hybridized carbons (Fsp3) is 0.636. The average Bonchev–Trinajstić information content (AvgIpc) is 2.66. The first-order valence-electron chi connectivity index (χ1n) is 6.09. The van der Waals surface area contributed by atoms with Crippen LogP contribution in [0.1, 0.15) is 25.5 Å². The van der Waals surface area contributed by atoms with E-state index in [1.54, 1.807) is 7.05 Å². The number of carbonyl (C=O) groups is 1. The van der Waals surface area contributed by atoms with Crippen LogP contribution >= 0.6 is 0 Å². The maximum atomic E-state index is 11.1. The first-order chi connectivity index (χ1) is 9.34. The second-order valence-corrected chi connectivity index (χ2v) is 4.49. The molecule has 0 amide bonds. The number of ether oxygens (including phenoxy) is 1. The molecular formula is C11H18N4O5. The Bertz CT molecular complexity index is 497. The lowest BCUT2D eigenvalue weighted by atomic mass is 10.1. The molecule has 1 rings (SSSR count). The van der Waals surface area contributed by atoms with E-state index in [1.165, 1.54) is 4.68 Å². The van der Waals surface area contributed by atoms with Gasteiger partial charge in [0, 0.05) is 19.5 Å². The van der Waals surface area contributed by atoms with Crippen LogP contribution in [0.15, 0.2) is 0 Å². The minimum Gasteiger partial charge on any atom is -0.480 e. The summed E-state index contributed by atoms with van der Waals surface area (Å²) in [5, 5.41) is 26.5. The second-order valence-electron chi connectivity index (χ2n) is 4.49. The fourth-order valence-corrected chi connectivity index (χ4v) is 1.70. The van der Waals surface area contributed by atoms with E-state index in [1.807, 2.05) is 13.8 Å². The van der Waals surface area contributed by atoms with Crippen molar-refractivity contribution in [1.29, 1.82) is 0 Å². The highest BCUT2D eigenvalue weighted by molar-refractivity contribution is 5.68. The first kappa shape index (κ1) is 15.9. The maximum Gasteiger partial charge on any atom is 0.334 e. The maximum absolute atomic E-state index is 11.1. The molecule has 0 unspecified atom stereocenters. The van der Waals surface area contributed by atoms with E-state index in [0.29, 0.717) is 5.69 Å². The van der Waals surface area contributed by atoms with Crippen molar-refractivity contribution in [3.63, 3.8) is 0 Å². The SMILES string of the molecule is CC(C)c1nn(C)c(NCCOCC(=O)O)c1[N+](=O)[O-]. The van der Waals surface area contributed by atoms with Crippen LogP contribution in [0.3, 0.4) is 0 Å². The van der Waals surface area contributed by atoms with Crippen LogP contribution in [0.2, 0.25) is 0 Å². The van der Waals surface area contributed by atoms with E-state index in [2.05, 4.69) is 10.4 Å². The van der Waals surface area contributed by atoms with E-state index in [-0.39, 0.29) is 30.6 Å². The molecule has 112 valence electrons. The number of carboxylic acid groups (broad SMARTS) is 1. The van der Waals surface area contributed by atoms with Gasteiger partial charge in [0.2, 0.25) is 5.82 Å². The molecule has 0 fully saturated rings. The molecule has 9 nitrogen and oxygen atoms in total. The number of rotatable bonds is 8. The van der Waals surface area contributed by atoms with Gasteiger partial charge >= 0.3 is 11.7 Å². The third-order valence-electron chi connectivity index (χ3n) is 2.54. The van der Waals surface area contributed by atoms with Crippen LogP contribution in [-0.2, 0) is 16.6 Å². The lowest BCUT2D eigenvalue weighted by Gasteiger charge is -2.06. The number of hydrogen-bond donors (Lipinski definition) is 2. The zero-order valence-electron chi connectivity index (χ0n) is 11.6. The number of aliphatic carboxylic acids is 1. The molecule has 0 aromatic carbocycles. The molecule has 1 aromatic heterocycles. The van der Waals surface area contributed by atoms with Crippen LogP contribution in [-0.4, -0.2) is 45.5 Å². The predicted molar refractivity (Wildman–Crippen MR) is 70.9 cm³/mol. The highest BCUT2D eigenvalue weighted by Crippen LogP contribution is 2.32. The minimum atomic E-state index is -1.06. The normalized spacial score (nSPS) is 10.8. The zero-order chi connectivity index (χ0) is 15.3. The Kier molecular flexibility index (Phi) is 5.44. The monoisotopic (exact) mass is 286 g/mol. The van der Waals surface area contributed by atoms with Gasteiger partial charge in [0.15, 0.2) is 0 Å². The summed E-state index contributed by atoms with van der Waals surface area (Å²) < 4.78 is 6.26. The minimum absolute atomic E-state index is 0.0549. The molecule has 0 aliphatic carbocycles. The summed E-state index contributed by atoms with van der Waals surface area (Å²) in [6.45, 7) is 3.65. The smallest absolute Gasteiger partial charge is 0.334 e. The van der Waals surface area contributed by atoms with Crippen molar-refractivity contribution in [1.82, 2.24) is 9.78 Å². The lowest BCUT2D eigenvalue weighted by molar-refractivity contribution is -0.384. The van der Waals surface area contributed by atoms with Gasteiger partial charge in [-0.05, 0) is 0 Å². The molecule has 0 spiro atoms. The number of anilines is 1. The Morgan fingerprint density at radius 3 is 2.75 bits per heavy atom. The van der Waals surface area contributed by atoms with Gasteiger partial charge in [0.1, 0.15) is 12.3 Å². The summed E-state index contributed by atoms with van der Waals surface area (Å²) in [6, 6.07) is 0. The molecule has 1 aromatic rings. The summed E-state index contributed by atoms with van der Waals surface area (Å²) in [5.41, 5.74) is 0.354. The van der Waals surface area contributed by atoms with Gasteiger partial charge in [-0.15, -0.1) is 0 Å². The Hall–Kier alpha value is -2.16. The molecule has 1 heterocycles. The number of aromatic nitrogens is 2. The van der Waals surface area contributed by atoms with Crippen molar-refractivity contribution in [3.8, 4) is 0 Å². The zero-order valence-corrected chi connectivity index (χ0v) is 11.6. The average molecular weight is 286 g/mol. The van der Waals surface area contributed by atoms with Gasteiger partial charge in [0.05, 0.1) is 11.5 Å². The lowest BCUT2D eigenvalue weighted by Crippen LogP contribution is -2.16. The highest BCUT2D eigenvalue weighted by Gasteiger charge is 2.28. The largest absolute Gasteiger partial charge is 0.480 e. The molecule has 0 aliphatic rings. The Balaban J connectivity index is 2.74. The van der Waals surface area contributed by atoms with E-state index < -0.39 is 17.5 Å². The summed E-state index contributed by atoms with van der Waals surface area (Å²) in [7, 11) is 1.61. The van der Waals surface area contributed by atoms with Crippen LogP contribution in [0.5, 0.6) is 0 Å². The number of aryl methyl sites for hydroxylation is 1. The molecule has 0 aliphatic heterocycles. The predicted octanol–water partition coefficient (Wildman–Crippen LogP) is 0.965. The van der Waals surface area contributed by atoms with Crippen molar-refractivity contribution in [3.05, 3.63) is 15.8 Å². The molecule has 0 saturated carbocycles. The summed E-state index contributed by atoms with van der Waals surface area (Å²) >= 11 is 0. The van der Waals surface area contributed by atoms with Gasteiger partial charge in [-0.25, -0.2) is 9.48 Å². The van der Waals surface area contributed by atoms with E-state index in [9.17, 15) is 14.9 Å². The Labute approximate surface area is 115 Å². The number of nitrogens with zero attached hydrogens (tertiary/aromatic N) is 3. The van der Waals surface area contributed by atoms with Crippen LogP contribution in [0.4, 0.5) is 11.5 Å². The number of nitro groups is 1. The topological polar surface area (TPSA) is 120 Å². The van der Waals surface area contributed by atoms with Gasteiger partial charge in [-0.2, -0.15) is 5.10 Å². The molecule has 9 heteroatoms. The molecule has 0 bridgehead atoms. The van der Waals surface area contributed by atoms with Gasteiger partial charge in [0.25, 0.3) is 0 Å². The van der Waals surface area contributed by atoms with Crippen LogP contribution < -0.4 is 5.32 Å². The number of hydrogen-bond acceptors (Lipinski definition) is 6. The van der Waals surface area contributed by atoms with Gasteiger partial charge < -0.3 is 15.2 Å². The molecular weight excluding hydrogens is 268 g/mol. The molecule has 0 atom stereocenters. The first-order valence-corrected chi connectivity index (χ1v) is 6.09. The Morgan fingerprint density at radius 1 is 1.60 bits per heavy atom. The Morgan fingerprint density at radius 2 is 2.25 bits per heavy atom. The van der Waals surface area contributed by atoms with E-state index in [0.717, 1.165) is 0 Å². The molecule has 20 heavy (non-hydrogen) atoms. The van der Waals surface area contributed by atoms with Crippen molar-refractivity contribution < 1.29 is 19.6 Å². The van der Waals surface area contributed by atoms with Gasteiger partial charge in [-0.3, -0.25) is 10.1 Å². The van der Waals surface area contributed by atoms with Crippen molar-refractivity contribution in [2.45, 2.75) is 19.8 Å². The summed E-state index contributed by atoms with van der Waals surface area (Å²) in [6.07, 6.45) is 0. The third-order valence-corrected chi connectivity index (χ3v) is 2.54. The molecule has 2 N–H and O–H groups in total. The fourth-order valence-electron chi connectivity index (χ4n) is 1.70. The van der Waals surface area contributed by atoms with Crippen LogP contribution in [0.25, 0.3) is 0 Å². The second kappa shape index (κ2) is 6.85.